The number of rotatable bonds is 7. The number of anilines is 1. The van der Waals surface area contributed by atoms with Gasteiger partial charge in [-0.3, -0.25) is 9.59 Å². The van der Waals surface area contributed by atoms with Gasteiger partial charge in [0, 0.05) is 39.9 Å². The van der Waals surface area contributed by atoms with Crippen LogP contribution in [0.4, 0.5) is 5.69 Å². The Hall–Kier alpha value is -4.32. The fourth-order valence-electron chi connectivity index (χ4n) is 3.77. The first-order chi connectivity index (χ1) is 16.4. The third kappa shape index (κ3) is 4.71. The minimum Gasteiger partial charge on any atom is -0.497 e. The van der Waals surface area contributed by atoms with Crippen LogP contribution in [-0.4, -0.2) is 25.9 Å². The van der Waals surface area contributed by atoms with Crippen molar-refractivity contribution in [2.45, 2.75) is 13.8 Å². The van der Waals surface area contributed by atoms with E-state index < -0.39 is 0 Å². The Labute approximate surface area is 197 Å². The molecule has 4 rings (SSSR count). The zero-order chi connectivity index (χ0) is 24.2. The third-order valence-electron chi connectivity index (χ3n) is 5.63. The molecule has 0 spiro atoms. The molecule has 0 aliphatic carbocycles. The molecule has 172 valence electrons. The monoisotopic (exact) mass is 455 g/mol. The third-order valence-corrected chi connectivity index (χ3v) is 5.63. The fourth-order valence-corrected chi connectivity index (χ4v) is 3.77. The Morgan fingerprint density at radius 2 is 1.62 bits per heavy atom. The standard InChI is InChI=1S/C28H25NO5/c1-17(13-28(31)29-21-9-5-19(6-10-21)18(2)30)23-14-24-25(16-34-27(24)15-26(23)33-4)20-7-11-22(32-3)12-8-20/h5-16H,1-4H3,(H,29,31)/b17-13+. The van der Waals surface area contributed by atoms with Gasteiger partial charge < -0.3 is 19.2 Å². The van der Waals surface area contributed by atoms with Crippen molar-refractivity contribution in [1.82, 2.24) is 0 Å². The Morgan fingerprint density at radius 1 is 0.912 bits per heavy atom. The number of ketones is 1. The predicted octanol–water partition coefficient (Wildman–Crippen LogP) is 6.36. The number of benzene rings is 3. The van der Waals surface area contributed by atoms with Gasteiger partial charge in [0.05, 0.1) is 20.5 Å². The van der Waals surface area contributed by atoms with Crippen LogP contribution in [0.2, 0.25) is 0 Å². The normalized spacial score (nSPS) is 11.4. The number of carbonyl (C=O) groups is 2. The molecule has 0 radical (unpaired) electrons. The molecular weight excluding hydrogens is 430 g/mol. The number of ether oxygens (including phenoxy) is 2. The molecule has 0 saturated carbocycles. The lowest BCUT2D eigenvalue weighted by molar-refractivity contribution is -0.111. The lowest BCUT2D eigenvalue weighted by atomic mass is 9.99. The first-order valence-electron chi connectivity index (χ1n) is 10.7. The maximum Gasteiger partial charge on any atom is 0.248 e. The first kappa shape index (κ1) is 22.9. The maximum absolute atomic E-state index is 12.7. The molecule has 0 saturated heterocycles. The number of hydrogen-bond donors (Lipinski definition) is 1. The number of hydrogen-bond acceptors (Lipinski definition) is 5. The number of Topliss-reactive ketones (excluding diaryl/α,β-unsaturated/α-hetero) is 1. The van der Waals surface area contributed by atoms with Crippen molar-refractivity contribution in [1.29, 1.82) is 0 Å². The summed E-state index contributed by atoms with van der Waals surface area (Å²) in [6.07, 6.45) is 3.24. The molecule has 0 atom stereocenters. The molecule has 6 heteroatoms. The van der Waals surface area contributed by atoms with Gasteiger partial charge in [0.2, 0.25) is 5.91 Å². The molecule has 3 aromatic carbocycles. The van der Waals surface area contributed by atoms with Crippen molar-refractivity contribution >= 4 is 33.9 Å². The highest BCUT2D eigenvalue weighted by atomic mass is 16.5. The summed E-state index contributed by atoms with van der Waals surface area (Å²) in [5.74, 6) is 1.08. The first-order valence-corrected chi connectivity index (χ1v) is 10.7. The van der Waals surface area contributed by atoms with E-state index in [4.69, 9.17) is 13.9 Å². The number of allylic oxidation sites excluding steroid dienone is 1. The van der Waals surface area contributed by atoms with Crippen LogP contribution in [0.1, 0.15) is 29.8 Å². The number of carbonyl (C=O) groups excluding carboxylic acids is 2. The molecular formula is C28H25NO5. The minimum absolute atomic E-state index is 0.0237. The number of furan rings is 1. The highest BCUT2D eigenvalue weighted by Gasteiger charge is 2.15. The summed E-state index contributed by atoms with van der Waals surface area (Å²) < 4.78 is 16.6. The number of methoxy groups -OCH3 is 2. The van der Waals surface area contributed by atoms with Crippen LogP contribution >= 0.6 is 0 Å². The van der Waals surface area contributed by atoms with E-state index in [1.54, 1.807) is 44.7 Å². The van der Waals surface area contributed by atoms with E-state index in [1.165, 1.54) is 13.0 Å². The molecule has 1 heterocycles. The van der Waals surface area contributed by atoms with E-state index in [-0.39, 0.29) is 11.7 Å². The van der Waals surface area contributed by atoms with Gasteiger partial charge in [-0.2, -0.15) is 0 Å². The lowest BCUT2D eigenvalue weighted by Gasteiger charge is -2.10. The van der Waals surface area contributed by atoms with E-state index in [9.17, 15) is 9.59 Å². The summed E-state index contributed by atoms with van der Waals surface area (Å²) in [6.45, 7) is 3.36. The van der Waals surface area contributed by atoms with Crippen LogP contribution in [0.25, 0.3) is 27.7 Å². The molecule has 1 N–H and O–H groups in total. The number of fused-ring (bicyclic) bond motifs is 1. The quantitative estimate of drug-likeness (QED) is 0.259. The minimum atomic E-state index is -0.280. The zero-order valence-corrected chi connectivity index (χ0v) is 19.5. The van der Waals surface area contributed by atoms with Crippen molar-refractivity contribution < 1.29 is 23.5 Å². The highest BCUT2D eigenvalue weighted by Crippen LogP contribution is 2.37. The predicted molar refractivity (Wildman–Crippen MR) is 133 cm³/mol. The molecule has 1 amide bonds. The summed E-state index contributed by atoms with van der Waals surface area (Å²) in [6, 6.07) is 18.3. The highest BCUT2D eigenvalue weighted by molar-refractivity contribution is 6.05. The van der Waals surface area contributed by atoms with Gasteiger partial charge >= 0.3 is 0 Å². The average molecular weight is 456 g/mol. The molecule has 1 aromatic heterocycles. The molecule has 0 fully saturated rings. The van der Waals surface area contributed by atoms with Crippen LogP contribution in [0, 0.1) is 0 Å². The smallest absolute Gasteiger partial charge is 0.248 e. The average Bonchev–Trinajstić information content (AvgIpc) is 3.26. The van der Waals surface area contributed by atoms with Gasteiger partial charge in [-0.1, -0.05) is 12.1 Å². The Kier molecular flexibility index (Phi) is 6.50. The van der Waals surface area contributed by atoms with Gasteiger partial charge in [0.15, 0.2) is 5.78 Å². The van der Waals surface area contributed by atoms with Gasteiger partial charge in [0.1, 0.15) is 17.1 Å². The number of amides is 1. The molecule has 6 nitrogen and oxygen atoms in total. The lowest BCUT2D eigenvalue weighted by Crippen LogP contribution is -2.09. The van der Waals surface area contributed by atoms with E-state index >= 15 is 0 Å². The van der Waals surface area contributed by atoms with Gasteiger partial charge in [-0.25, -0.2) is 0 Å². The van der Waals surface area contributed by atoms with Crippen molar-refractivity contribution in [3.63, 3.8) is 0 Å². The summed E-state index contributed by atoms with van der Waals surface area (Å²) in [5, 5.41) is 3.74. The van der Waals surface area contributed by atoms with Crippen LogP contribution in [-0.2, 0) is 4.79 Å². The van der Waals surface area contributed by atoms with Gasteiger partial charge in [-0.15, -0.1) is 0 Å². The molecule has 34 heavy (non-hydrogen) atoms. The largest absolute Gasteiger partial charge is 0.497 e. The fraction of sp³-hybridized carbons (Fsp3) is 0.143. The van der Waals surface area contributed by atoms with Crippen LogP contribution < -0.4 is 14.8 Å². The summed E-state index contributed by atoms with van der Waals surface area (Å²) in [5.41, 5.74) is 5.34. The van der Waals surface area contributed by atoms with E-state index in [0.717, 1.165) is 33.4 Å². The topological polar surface area (TPSA) is 77.8 Å². The second-order valence-electron chi connectivity index (χ2n) is 7.88. The molecule has 0 bridgehead atoms. The summed E-state index contributed by atoms with van der Waals surface area (Å²) in [4.78, 5) is 24.1. The second kappa shape index (κ2) is 9.67. The summed E-state index contributed by atoms with van der Waals surface area (Å²) in [7, 11) is 3.22. The van der Waals surface area contributed by atoms with Crippen molar-refractivity contribution in [2.75, 3.05) is 19.5 Å². The van der Waals surface area contributed by atoms with Gasteiger partial charge in [-0.05, 0) is 67.4 Å². The Morgan fingerprint density at radius 3 is 2.24 bits per heavy atom. The molecule has 0 aliphatic heterocycles. The molecule has 0 aliphatic rings. The van der Waals surface area contributed by atoms with Crippen molar-refractivity contribution in [2.24, 2.45) is 0 Å². The van der Waals surface area contributed by atoms with Crippen molar-refractivity contribution in [3.8, 4) is 22.6 Å². The van der Waals surface area contributed by atoms with Crippen LogP contribution in [0.5, 0.6) is 11.5 Å². The Bertz CT molecular complexity index is 1380. The summed E-state index contributed by atoms with van der Waals surface area (Å²) >= 11 is 0. The van der Waals surface area contributed by atoms with E-state index in [0.29, 0.717) is 22.6 Å². The SMILES string of the molecule is COc1ccc(-c2coc3cc(OC)c(/C(C)=C/C(=O)Nc4ccc(C(C)=O)cc4)cc23)cc1. The van der Waals surface area contributed by atoms with E-state index in [1.807, 2.05) is 43.3 Å². The van der Waals surface area contributed by atoms with Crippen molar-refractivity contribution in [3.05, 3.63) is 84.1 Å². The number of nitrogens with one attached hydrogen (secondary N) is 1. The van der Waals surface area contributed by atoms with Crippen LogP contribution in [0.3, 0.4) is 0 Å². The van der Waals surface area contributed by atoms with Gasteiger partial charge in [0.25, 0.3) is 0 Å². The Balaban J connectivity index is 1.65. The molecule has 4 aromatic rings. The van der Waals surface area contributed by atoms with E-state index in [2.05, 4.69) is 5.32 Å². The second-order valence-corrected chi connectivity index (χ2v) is 7.88. The zero-order valence-electron chi connectivity index (χ0n) is 19.5. The van der Waals surface area contributed by atoms with Crippen LogP contribution in [0.15, 0.2) is 77.4 Å². The molecule has 0 unspecified atom stereocenters. The maximum atomic E-state index is 12.7.